The summed E-state index contributed by atoms with van der Waals surface area (Å²) in [7, 11) is 1.62. The summed E-state index contributed by atoms with van der Waals surface area (Å²) in [5.74, 6) is -0.109. The molecule has 0 aliphatic rings. The molecule has 2 rings (SSSR count). The van der Waals surface area contributed by atoms with Gasteiger partial charge in [-0.1, -0.05) is 24.3 Å². The normalized spacial score (nSPS) is 9.39. The van der Waals surface area contributed by atoms with Crippen molar-refractivity contribution in [2.75, 3.05) is 7.11 Å². The third kappa shape index (κ3) is 3.02. The highest BCUT2D eigenvalue weighted by atomic mass is 35.5. The number of carbonyl (C=O) groups is 1. The Morgan fingerprint density at radius 2 is 1.39 bits per heavy atom. The number of hydrogen-bond acceptors (Lipinski definition) is 2. The van der Waals surface area contributed by atoms with Crippen molar-refractivity contribution in [2.24, 2.45) is 0 Å². The van der Waals surface area contributed by atoms with Gasteiger partial charge in [-0.3, -0.25) is 0 Å². The molecule has 2 aromatic carbocycles. The minimum atomic E-state index is -0.911. The van der Waals surface area contributed by atoms with Gasteiger partial charge in [0.05, 0.1) is 12.7 Å². The van der Waals surface area contributed by atoms with Gasteiger partial charge in [-0.15, -0.1) is 12.4 Å². The van der Waals surface area contributed by atoms with Gasteiger partial charge in [-0.2, -0.15) is 0 Å². The van der Waals surface area contributed by atoms with Gasteiger partial charge in [-0.05, 0) is 35.4 Å². The first-order chi connectivity index (χ1) is 8.20. The maximum Gasteiger partial charge on any atom is 0.335 e. The van der Waals surface area contributed by atoms with E-state index in [1.54, 1.807) is 31.4 Å². The van der Waals surface area contributed by atoms with E-state index in [-0.39, 0.29) is 12.4 Å². The quantitative estimate of drug-likeness (QED) is 0.923. The molecule has 3 nitrogen and oxygen atoms in total. The second-order valence-corrected chi connectivity index (χ2v) is 3.61. The monoisotopic (exact) mass is 264 g/mol. The molecule has 4 heteroatoms. The van der Waals surface area contributed by atoms with Crippen LogP contribution < -0.4 is 4.74 Å². The van der Waals surface area contributed by atoms with Crippen molar-refractivity contribution < 1.29 is 14.6 Å². The second kappa shape index (κ2) is 6.07. The van der Waals surface area contributed by atoms with E-state index in [9.17, 15) is 4.79 Å². The fourth-order valence-corrected chi connectivity index (χ4v) is 1.59. The first-order valence-corrected chi connectivity index (χ1v) is 5.18. The number of methoxy groups -OCH3 is 1. The molecule has 2 aromatic rings. The summed E-state index contributed by atoms with van der Waals surface area (Å²) in [5.41, 5.74) is 2.31. The molecule has 0 radical (unpaired) electrons. The van der Waals surface area contributed by atoms with Crippen LogP contribution in [0, 0.1) is 0 Å². The highest BCUT2D eigenvalue weighted by Gasteiger charge is 2.03. The molecule has 0 atom stereocenters. The SMILES string of the molecule is COc1ccc(-c2ccc(C(=O)O)cc2)cc1.Cl. The number of benzene rings is 2. The Balaban J connectivity index is 0.00000162. The average molecular weight is 265 g/mol. The van der Waals surface area contributed by atoms with Crippen LogP contribution in [0.25, 0.3) is 11.1 Å². The summed E-state index contributed by atoms with van der Waals surface area (Å²) in [4.78, 5) is 10.7. The van der Waals surface area contributed by atoms with Gasteiger partial charge in [0, 0.05) is 0 Å². The summed E-state index contributed by atoms with van der Waals surface area (Å²) in [5, 5.41) is 8.80. The molecule has 0 aromatic heterocycles. The van der Waals surface area contributed by atoms with E-state index in [0.29, 0.717) is 5.56 Å². The standard InChI is InChI=1S/C14H12O3.ClH/c1-17-13-8-6-11(7-9-13)10-2-4-12(5-3-10)14(15)16;/h2-9H,1H3,(H,15,16);1H. The first-order valence-electron chi connectivity index (χ1n) is 5.18. The zero-order chi connectivity index (χ0) is 12.3. The molecule has 0 saturated carbocycles. The van der Waals surface area contributed by atoms with Crippen LogP contribution in [0.3, 0.4) is 0 Å². The zero-order valence-corrected chi connectivity index (χ0v) is 10.6. The van der Waals surface area contributed by atoms with Crippen molar-refractivity contribution in [3.8, 4) is 16.9 Å². The molecule has 0 saturated heterocycles. The molecule has 0 aliphatic heterocycles. The lowest BCUT2D eigenvalue weighted by molar-refractivity contribution is 0.0697. The summed E-state index contributed by atoms with van der Waals surface area (Å²) < 4.78 is 5.08. The highest BCUT2D eigenvalue weighted by molar-refractivity contribution is 5.88. The smallest absolute Gasteiger partial charge is 0.335 e. The van der Waals surface area contributed by atoms with E-state index >= 15 is 0 Å². The molecule has 0 spiro atoms. The lowest BCUT2D eigenvalue weighted by Gasteiger charge is -2.04. The molecule has 18 heavy (non-hydrogen) atoms. The zero-order valence-electron chi connectivity index (χ0n) is 9.79. The third-order valence-electron chi connectivity index (χ3n) is 2.56. The van der Waals surface area contributed by atoms with Gasteiger partial charge in [0.2, 0.25) is 0 Å². The van der Waals surface area contributed by atoms with E-state index in [4.69, 9.17) is 9.84 Å². The van der Waals surface area contributed by atoms with Gasteiger partial charge < -0.3 is 9.84 Å². The number of carboxylic acid groups (broad SMARTS) is 1. The van der Waals surface area contributed by atoms with Gasteiger partial charge in [0.1, 0.15) is 5.75 Å². The van der Waals surface area contributed by atoms with Crippen molar-refractivity contribution in [1.82, 2.24) is 0 Å². The minimum Gasteiger partial charge on any atom is -0.497 e. The Hall–Kier alpha value is -2.00. The summed E-state index contributed by atoms with van der Waals surface area (Å²) in [6.45, 7) is 0. The molecule has 0 amide bonds. The Morgan fingerprint density at radius 1 is 0.944 bits per heavy atom. The topological polar surface area (TPSA) is 46.5 Å². The number of ether oxygens (including phenoxy) is 1. The molecule has 94 valence electrons. The molecule has 0 bridgehead atoms. The van der Waals surface area contributed by atoms with Gasteiger partial charge >= 0.3 is 5.97 Å². The fraction of sp³-hybridized carbons (Fsp3) is 0.0714. The first kappa shape index (κ1) is 14.1. The Labute approximate surface area is 111 Å². The number of carboxylic acids is 1. The highest BCUT2D eigenvalue weighted by Crippen LogP contribution is 2.22. The molecule has 0 aliphatic carbocycles. The van der Waals surface area contributed by atoms with Crippen LogP contribution in [0.2, 0.25) is 0 Å². The number of halogens is 1. The molecule has 1 N–H and O–H groups in total. The van der Waals surface area contributed by atoms with E-state index < -0.39 is 5.97 Å². The van der Waals surface area contributed by atoms with Crippen LogP contribution >= 0.6 is 12.4 Å². The molecule has 0 fully saturated rings. The van der Waals surface area contributed by atoms with Crippen LogP contribution in [-0.4, -0.2) is 18.2 Å². The van der Waals surface area contributed by atoms with E-state index in [2.05, 4.69) is 0 Å². The predicted octanol–water partition coefficient (Wildman–Crippen LogP) is 3.48. The van der Waals surface area contributed by atoms with E-state index in [1.165, 1.54) is 0 Å². The Morgan fingerprint density at radius 3 is 1.78 bits per heavy atom. The Kier molecular flexibility index (Phi) is 4.75. The minimum absolute atomic E-state index is 0. The average Bonchev–Trinajstić information content (AvgIpc) is 2.39. The van der Waals surface area contributed by atoms with Gasteiger partial charge in [0.15, 0.2) is 0 Å². The maximum absolute atomic E-state index is 10.7. The van der Waals surface area contributed by atoms with Gasteiger partial charge in [-0.25, -0.2) is 4.79 Å². The summed E-state index contributed by atoms with van der Waals surface area (Å²) in [6, 6.07) is 14.4. The van der Waals surface area contributed by atoms with Crippen LogP contribution in [0.15, 0.2) is 48.5 Å². The number of rotatable bonds is 3. The van der Waals surface area contributed by atoms with Crippen LogP contribution in [0.1, 0.15) is 10.4 Å². The second-order valence-electron chi connectivity index (χ2n) is 3.61. The van der Waals surface area contributed by atoms with E-state index in [0.717, 1.165) is 16.9 Å². The Bertz CT molecular complexity index is 518. The lowest BCUT2D eigenvalue weighted by atomic mass is 10.0. The lowest BCUT2D eigenvalue weighted by Crippen LogP contribution is -1.94. The number of hydrogen-bond donors (Lipinski definition) is 1. The van der Waals surface area contributed by atoms with Crippen molar-refractivity contribution in [3.63, 3.8) is 0 Å². The molecular weight excluding hydrogens is 252 g/mol. The van der Waals surface area contributed by atoms with Crippen molar-refractivity contribution >= 4 is 18.4 Å². The van der Waals surface area contributed by atoms with Crippen LogP contribution in [-0.2, 0) is 0 Å². The number of aromatic carboxylic acids is 1. The molecular formula is C14H13ClO3. The summed E-state index contributed by atoms with van der Waals surface area (Å²) in [6.07, 6.45) is 0. The largest absolute Gasteiger partial charge is 0.497 e. The van der Waals surface area contributed by atoms with Crippen molar-refractivity contribution in [1.29, 1.82) is 0 Å². The van der Waals surface area contributed by atoms with Crippen LogP contribution in [0.4, 0.5) is 0 Å². The molecule has 0 heterocycles. The summed E-state index contributed by atoms with van der Waals surface area (Å²) >= 11 is 0. The van der Waals surface area contributed by atoms with Gasteiger partial charge in [0.25, 0.3) is 0 Å². The maximum atomic E-state index is 10.7. The third-order valence-corrected chi connectivity index (χ3v) is 2.56. The molecule has 0 unspecified atom stereocenters. The van der Waals surface area contributed by atoms with Crippen LogP contribution in [0.5, 0.6) is 5.75 Å². The van der Waals surface area contributed by atoms with E-state index in [1.807, 2.05) is 24.3 Å². The van der Waals surface area contributed by atoms with Crippen molar-refractivity contribution in [3.05, 3.63) is 54.1 Å². The fourth-order valence-electron chi connectivity index (χ4n) is 1.59. The van der Waals surface area contributed by atoms with Crippen molar-refractivity contribution in [2.45, 2.75) is 0 Å². The predicted molar refractivity (Wildman–Crippen MR) is 72.6 cm³/mol.